The molecule has 0 aliphatic rings. The van der Waals surface area contributed by atoms with Crippen molar-refractivity contribution in [1.29, 1.82) is 0 Å². The lowest BCUT2D eigenvalue weighted by molar-refractivity contribution is 0.866. The van der Waals surface area contributed by atoms with Crippen LogP contribution >= 0.6 is 0 Å². The molecule has 0 amide bonds. The molecule has 0 saturated heterocycles. The zero-order chi connectivity index (χ0) is 16.6. The van der Waals surface area contributed by atoms with Gasteiger partial charge in [-0.1, -0.05) is 33.8 Å². The van der Waals surface area contributed by atoms with Crippen molar-refractivity contribution < 1.29 is 0 Å². The molecule has 0 aliphatic carbocycles. The first kappa shape index (κ1) is 16.4. The maximum atomic E-state index is 6.31. The first-order valence-electron chi connectivity index (χ1n) is 8.03. The van der Waals surface area contributed by atoms with Crippen molar-refractivity contribution in [2.24, 2.45) is 0 Å². The van der Waals surface area contributed by atoms with E-state index in [2.05, 4.69) is 59.7 Å². The van der Waals surface area contributed by atoms with E-state index in [0.29, 0.717) is 11.8 Å². The molecule has 2 heteroatoms. The van der Waals surface area contributed by atoms with Gasteiger partial charge < -0.3 is 11.5 Å². The van der Waals surface area contributed by atoms with Crippen molar-refractivity contribution >= 4 is 11.4 Å². The third kappa shape index (κ3) is 2.83. The molecule has 118 valence electrons. The largest absolute Gasteiger partial charge is 0.398 e. The second kappa shape index (κ2) is 6.04. The lowest BCUT2D eigenvalue weighted by atomic mass is 9.87. The third-order valence-electron chi connectivity index (χ3n) is 4.62. The number of hydrogen-bond donors (Lipinski definition) is 2. The quantitative estimate of drug-likeness (QED) is 0.747. The summed E-state index contributed by atoms with van der Waals surface area (Å²) in [6.45, 7) is 13.0. The molecule has 4 N–H and O–H groups in total. The van der Waals surface area contributed by atoms with Crippen LogP contribution in [0.2, 0.25) is 0 Å². The van der Waals surface area contributed by atoms with E-state index in [1.165, 1.54) is 33.4 Å². The fourth-order valence-electron chi connectivity index (χ4n) is 2.98. The van der Waals surface area contributed by atoms with E-state index in [-0.39, 0.29) is 0 Å². The number of anilines is 2. The van der Waals surface area contributed by atoms with E-state index in [0.717, 1.165) is 11.4 Å². The van der Waals surface area contributed by atoms with Crippen LogP contribution in [0.1, 0.15) is 61.8 Å². The van der Waals surface area contributed by atoms with Crippen LogP contribution in [0, 0.1) is 13.8 Å². The SMILES string of the molecule is Cc1c(-c2ccc(N)c(C(C)C)c2)cc(C(C)C)c(N)c1C. The van der Waals surface area contributed by atoms with Gasteiger partial charge in [-0.15, -0.1) is 0 Å². The van der Waals surface area contributed by atoms with Crippen LogP contribution < -0.4 is 11.5 Å². The van der Waals surface area contributed by atoms with Gasteiger partial charge in [0.15, 0.2) is 0 Å². The first-order valence-corrected chi connectivity index (χ1v) is 8.03. The minimum atomic E-state index is 0.413. The average molecular weight is 296 g/mol. The highest BCUT2D eigenvalue weighted by molar-refractivity contribution is 5.76. The first-order chi connectivity index (χ1) is 10.2. The number of benzene rings is 2. The van der Waals surface area contributed by atoms with Crippen LogP contribution in [0.3, 0.4) is 0 Å². The van der Waals surface area contributed by atoms with Crippen molar-refractivity contribution in [1.82, 2.24) is 0 Å². The van der Waals surface area contributed by atoms with Gasteiger partial charge in [0.1, 0.15) is 0 Å². The Morgan fingerprint density at radius 1 is 0.773 bits per heavy atom. The van der Waals surface area contributed by atoms with Gasteiger partial charge in [0, 0.05) is 11.4 Å². The highest BCUT2D eigenvalue weighted by Gasteiger charge is 2.15. The summed E-state index contributed by atoms with van der Waals surface area (Å²) >= 11 is 0. The fourth-order valence-corrected chi connectivity index (χ4v) is 2.98. The van der Waals surface area contributed by atoms with E-state index >= 15 is 0 Å². The van der Waals surface area contributed by atoms with Gasteiger partial charge in [0.25, 0.3) is 0 Å². The molecular formula is C20H28N2. The molecular weight excluding hydrogens is 268 g/mol. The normalized spacial score (nSPS) is 11.5. The van der Waals surface area contributed by atoms with Crippen molar-refractivity contribution in [3.8, 4) is 11.1 Å². The summed E-state index contributed by atoms with van der Waals surface area (Å²) in [5.74, 6) is 0.830. The zero-order valence-corrected chi connectivity index (χ0v) is 14.6. The van der Waals surface area contributed by atoms with Gasteiger partial charge >= 0.3 is 0 Å². The molecule has 0 radical (unpaired) electrons. The highest BCUT2D eigenvalue weighted by Crippen LogP contribution is 2.36. The number of rotatable bonds is 3. The van der Waals surface area contributed by atoms with E-state index in [9.17, 15) is 0 Å². The summed E-state index contributed by atoms with van der Waals surface area (Å²) in [7, 11) is 0. The van der Waals surface area contributed by atoms with Gasteiger partial charge in [0.05, 0.1) is 0 Å². The Morgan fingerprint density at radius 3 is 1.91 bits per heavy atom. The lowest BCUT2D eigenvalue weighted by Crippen LogP contribution is -2.03. The monoisotopic (exact) mass is 296 g/mol. The summed E-state index contributed by atoms with van der Waals surface area (Å²) in [5.41, 5.74) is 21.6. The molecule has 2 aromatic rings. The van der Waals surface area contributed by atoms with Gasteiger partial charge in [0.2, 0.25) is 0 Å². The van der Waals surface area contributed by atoms with E-state index in [1.807, 2.05) is 6.07 Å². The minimum absolute atomic E-state index is 0.413. The molecule has 0 unspecified atom stereocenters. The zero-order valence-electron chi connectivity index (χ0n) is 14.6. The summed E-state index contributed by atoms with van der Waals surface area (Å²) in [6.07, 6.45) is 0. The molecule has 2 rings (SSSR count). The second-order valence-corrected chi connectivity index (χ2v) is 6.83. The van der Waals surface area contributed by atoms with Crippen LogP contribution in [-0.2, 0) is 0 Å². The number of nitrogens with two attached hydrogens (primary N) is 2. The van der Waals surface area contributed by atoms with Crippen molar-refractivity contribution in [2.75, 3.05) is 11.5 Å². The molecule has 0 saturated carbocycles. The standard InChI is InChI=1S/C20H28N2/c1-11(2)16-9-15(7-8-19(16)21)18-10-17(12(3)4)20(22)14(6)13(18)5/h7-12H,21-22H2,1-6H3. The number of nitrogen functional groups attached to an aromatic ring is 2. The molecule has 0 bridgehead atoms. The van der Waals surface area contributed by atoms with Crippen molar-refractivity contribution in [2.45, 2.75) is 53.4 Å². The van der Waals surface area contributed by atoms with Crippen LogP contribution in [-0.4, -0.2) is 0 Å². The summed E-state index contributed by atoms with van der Waals surface area (Å²) in [4.78, 5) is 0. The third-order valence-corrected chi connectivity index (χ3v) is 4.62. The van der Waals surface area contributed by atoms with Gasteiger partial charge in [-0.05, 0) is 77.3 Å². The average Bonchev–Trinajstić information content (AvgIpc) is 2.45. The highest BCUT2D eigenvalue weighted by atomic mass is 14.6. The molecule has 2 aromatic carbocycles. The van der Waals surface area contributed by atoms with Crippen LogP contribution in [0.15, 0.2) is 24.3 Å². The van der Waals surface area contributed by atoms with E-state index in [4.69, 9.17) is 11.5 Å². The Bertz CT molecular complexity index is 697. The van der Waals surface area contributed by atoms with Crippen molar-refractivity contribution in [3.05, 3.63) is 46.5 Å². The van der Waals surface area contributed by atoms with Crippen molar-refractivity contribution in [3.63, 3.8) is 0 Å². The Labute approximate surface area is 134 Å². The van der Waals surface area contributed by atoms with Crippen LogP contribution in [0.25, 0.3) is 11.1 Å². The van der Waals surface area contributed by atoms with Gasteiger partial charge in [-0.25, -0.2) is 0 Å². The predicted octanol–water partition coefficient (Wildman–Crippen LogP) is 5.38. The Kier molecular flexibility index (Phi) is 4.50. The van der Waals surface area contributed by atoms with Crippen LogP contribution in [0.5, 0.6) is 0 Å². The van der Waals surface area contributed by atoms with E-state index in [1.54, 1.807) is 0 Å². The molecule has 0 heterocycles. The summed E-state index contributed by atoms with van der Waals surface area (Å²) in [5, 5.41) is 0. The predicted molar refractivity (Wildman–Crippen MR) is 98.4 cm³/mol. The van der Waals surface area contributed by atoms with Crippen LogP contribution in [0.4, 0.5) is 11.4 Å². The van der Waals surface area contributed by atoms with E-state index < -0.39 is 0 Å². The number of hydrogen-bond acceptors (Lipinski definition) is 2. The maximum Gasteiger partial charge on any atom is 0.0382 e. The molecule has 0 aliphatic heterocycles. The smallest absolute Gasteiger partial charge is 0.0382 e. The molecule has 22 heavy (non-hydrogen) atoms. The molecule has 2 nitrogen and oxygen atoms in total. The molecule has 0 fully saturated rings. The lowest BCUT2D eigenvalue weighted by Gasteiger charge is -2.19. The minimum Gasteiger partial charge on any atom is -0.398 e. The van der Waals surface area contributed by atoms with Gasteiger partial charge in [-0.3, -0.25) is 0 Å². The topological polar surface area (TPSA) is 52.0 Å². The fraction of sp³-hybridized carbons (Fsp3) is 0.400. The Morgan fingerprint density at radius 2 is 1.36 bits per heavy atom. The maximum absolute atomic E-state index is 6.31. The second-order valence-electron chi connectivity index (χ2n) is 6.83. The molecule has 0 aromatic heterocycles. The Balaban J connectivity index is 2.70. The molecule has 0 spiro atoms. The van der Waals surface area contributed by atoms with Gasteiger partial charge in [-0.2, -0.15) is 0 Å². The summed E-state index contributed by atoms with van der Waals surface area (Å²) in [6, 6.07) is 8.61. The summed E-state index contributed by atoms with van der Waals surface area (Å²) < 4.78 is 0. The molecule has 0 atom stereocenters. The Hall–Kier alpha value is -1.96.